The van der Waals surface area contributed by atoms with Gasteiger partial charge in [-0.05, 0) is 31.0 Å². The van der Waals surface area contributed by atoms with Crippen LogP contribution in [-0.4, -0.2) is 40.0 Å². The van der Waals surface area contributed by atoms with Gasteiger partial charge >= 0.3 is 6.03 Å². The van der Waals surface area contributed by atoms with Crippen LogP contribution in [0.3, 0.4) is 0 Å². The van der Waals surface area contributed by atoms with Crippen molar-refractivity contribution in [3.63, 3.8) is 0 Å². The lowest BCUT2D eigenvalue weighted by Gasteiger charge is -2.16. The largest absolute Gasteiger partial charge is 0.361 e. The van der Waals surface area contributed by atoms with Gasteiger partial charge in [-0.25, -0.2) is 4.79 Å². The fraction of sp³-hybridized carbons (Fsp3) is 0.444. The molecule has 2 saturated heterocycles. The number of unbranched alkanes of at least 4 members (excludes halogenated alkanes) is 1. The van der Waals surface area contributed by atoms with E-state index in [2.05, 4.69) is 20.9 Å². The van der Waals surface area contributed by atoms with E-state index in [0.717, 1.165) is 41.6 Å². The monoisotopic (exact) mass is 358 g/mol. The summed E-state index contributed by atoms with van der Waals surface area (Å²) in [6.45, 7) is 0. The number of rotatable bonds is 6. The third-order valence-corrected chi connectivity index (χ3v) is 6.46. The van der Waals surface area contributed by atoms with Crippen LogP contribution in [0.1, 0.15) is 25.7 Å². The molecule has 0 spiro atoms. The number of amides is 3. The van der Waals surface area contributed by atoms with Crippen molar-refractivity contribution in [1.82, 2.24) is 15.6 Å². The number of aromatic nitrogens is 1. The molecule has 2 fully saturated rings. The minimum absolute atomic E-state index is 0.0430. The Kier molecular flexibility index (Phi) is 4.57. The first kappa shape index (κ1) is 16.3. The zero-order valence-corrected chi connectivity index (χ0v) is 14.7. The average molecular weight is 358 g/mol. The number of aromatic amines is 1. The van der Waals surface area contributed by atoms with E-state index in [9.17, 15) is 9.59 Å². The number of thioether (sulfide) groups is 1. The van der Waals surface area contributed by atoms with Gasteiger partial charge in [0.05, 0.1) is 17.8 Å². The number of anilines is 1. The van der Waals surface area contributed by atoms with E-state index in [-0.39, 0.29) is 24.0 Å². The van der Waals surface area contributed by atoms with Crippen LogP contribution in [0, 0.1) is 0 Å². The molecule has 7 heteroatoms. The number of benzene rings is 1. The van der Waals surface area contributed by atoms with Gasteiger partial charge in [0.2, 0.25) is 5.91 Å². The Morgan fingerprint density at radius 3 is 3.08 bits per heavy atom. The molecule has 0 bridgehead atoms. The number of carbonyl (C=O) groups is 2. The van der Waals surface area contributed by atoms with Gasteiger partial charge < -0.3 is 20.9 Å². The van der Waals surface area contributed by atoms with Crippen LogP contribution in [0.4, 0.5) is 10.5 Å². The summed E-state index contributed by atoms with van der Waals surface area (Å²) in [5.74, 6) is 1.04. The molecular formula is C18H22N4O2S. The van der Waals surface area contributed by atoms with Crippen molar-refractivity contribution in [3.05, 3.63) is 30.5 Å². The molecule has 3 unspecified atom stereocenters. The molecule has 3 atom stereocenters. The Balaban J connectivity index is 1.22. The highest BCUT2D eigenvalue weighted by atomic mass is 32.2. The van der Waals surface area contributed by atoms with Crippen molar-refractivity contribution >= 4 is 40.3 Å². The number of hydrogen-bond donors (Lipinski definition) is 4. The molecule has 4 N–H and O–H groups in total. The minimum Gasteiger partial charge on any atom is -0.361 e. The lowest BCUT2D eigenvalue weighted by atomic mass is 10.0. The van der Waals surface area contributed by atoms with E-state index in [1.165, 1.54) is 0 Å². The van der Waals surface area contributed by atoms with Gasteiger partial charge in [0.1, 0.15) is 0 Å². The second-order valence-electron chi connectivity index (χ2n) is 6.66. The minimum atomic E-state index is -0.0430. The lowest BCUT2D eigenvalue weighted by Crippen LogP contribution is -2.36. The van der Waals surface area contributed by atoms with E-state index < -0.39 is 0 Å². The van der Waals surface area contributed by atoms with E-state index in [1.54, 1.807) is 0 Å². The van der Waals surface area contributed by atoms with Crippen molar-refractivity contribution in [2.75, 3.05) is 11.1 Å². The average Bonchev–Trinajstić information content (AvgIpc) is 3.28. The van der Waals surface area contributed by atoms with E-state index in [0.29, 0.717) is 11.7 Å². The number of fused-ring (bicyclic) bond motifs is 2. The van der Waals surface area contributed by atoms with Crippen molar-refractivity contribution in [2.24, 2.45) is 0 Å². The number of nitrogens with one attached hydrogen (secondary N) is 4. The highest BCUT2D eigenvalue weighted by Gasteiger charge is 2.42. The van der Waals surface area contributed by atoms with Crippen LogP contribution in [0.15, 0.2) is 30.5 Å². The van der Waals surface area contributed by atoms with Gasteiger partial charge in [0.15, 0.2) is 0 Å². The van der Waals surface area contributed by atoms with Crippen LogP contribution in [-0.2, 0) is 4.79 Å². The Labute approximate surface area is 150 Å². The molecule has 3 amide bonds. The maximum Gasteiger partial charge on any atom is 0.315 e. The standard InChI is InChI=1S/C18H22N4O2S/c23-16(20-13-5-3-4-12-11(13)8-9-19-12)7-2-1-6-15-17-14(10-25-15)21-18(24)22-17/h3-5,8-9,14-15,17,19H,1-2,6-7,10H2,(H,20,23)(H2,21,22,24). The highest BCUT2D eigenvalue weighted by molar-refractivity contribution is 8.00. The molecule has 0 saturated carbocycles. The highest BCUT2D eigenvalue weighted by Crippen LogP contribution is 2.33. The quantitative estimate of drug-likeness (QED) is 0.473. The van der Waals surface area contributed by atoms with Crippen molar-refractivity contribution in [1.29, 1.82) is 0 Å². The number of H-pyrrole nitrogens is 1. The third-order valence-electron chi connectivity index (χ3n) is 4.95. The van der Waals surface area contributed by atoms with Crippen molar-refractivity contribution in [3.8, 4) is 0 Å². The molecule has 2 aliphatic heterocycles. The van der Waals surface area contributed by atoms with Crippen LogP contribution in [0.25, 0.3) is 10.9 Å². The number of carbonyl (C=O) groups excluding carboxylic acids is 2. The summed E-state index contributed by atoms with van der Waals surface area (Å²) in [5, 5.41) is 10.5. The SMILES string of the molecule is O=C(CCCCC1SCC2NC(=O)NC21)Nc1cccc2[nH]ccc12. The van der Waals surface area contributed by atoms with Gasteiger partial charge in [-0.2, -0.15) is 11.8 Å². The van der Waals surface area contributed by atoms with Crippen molar-refractivity contribution in [2.45, 2.75) is 43.0 Å². The molecular weight excluding hydrogens is 336 g/mol. The summed E-state index contributed by atoms with van der Waals surface area (Å²) in [6.07, 6.45) is 5.30. The first-order valence-corrected chi connectivity index (χ1v) is 9.80. The van der Waals surface area contributed by atoms with Crippen LogP contribution in [0.2, 0.25) is 0 Å². The Morgan fingerprint density at radius 2 is 2.16 bits per heavy atom. The van der Waals surface area contributed by atoms with Gasteiger partial charge in [-0.15, -0.1) is 0 Å². The number of hydrogen-bond acceptors (Lipinski definition) is 3. The molecule has 1 aromatic heterocycles. The first-order valence-electron chi connectivity index (χ1n) is 8.75. The topological polar surface area (TPSA) is 86.0 Å². The van der Waals surface area contributed by atoms with Crippen LogP contribution >= 0.6 is 11.8 Å². The molecule has 1 aromatic carbocycles. The smallest absolute Gasteiger partial charge is 0.315 e. The molecule has 6 nitrogen and oxygen atoms in total. The molecule has 0 radical (unpaired) electrons. The zero-order chi connectivity index (χ0) is 17.2. The van der Waals surface area contributed by atoms with Crippen LogP contribution < -0.4 is 16.0 Å². The maximum atomic E-state index is 12.2. The van der Waals surface area contributed by atoms with E-state index >= 15 is 0 Å². The Bertz CT molecular complexity index is 790. The van der Waals surface area contributed by atoms with E-state index in [4.69, 9.17) is 0 Å². The fourth-order valence-corrected chi connectivity index (χ4v) is 5.22. The summed E-state index contributed by atoms with van der Waals surface area (Å²) in [6, 6.07) is 8.31. The predicted molar refractivity (Wildman–Crippen MR) is 101 cm³/mol. The van der Waals surface area contributed by atoms with E-state index in [1.807, 2.05) is 42.2 Å². The first-order chi connectivity index (χ1) is 12.2. The molecule has 25 heavy (non-hydrogen) atoms. The van der Waals surface area contributed by atoms with Gasteiger partial charge in [0, 0.05) is 34.5 Å². The number of urea groups is 1. The lowest BCUT2D eigenvalue weighted by molar-refractivity contribution is -0.116. The molecule has 2 aliphatic rings. The molecule has 132 valence electrons. The third kappa shape index (κ3) is 3.46. The van der Waals surface area contributed by atoms with Crippen molar-refractivity contribution < 1.29 is 9.59 Å². The molecule has 4 rings (SSSR count). The Hall–Kier alpha value is -2.15. The Morgan fingerprint density at radius 1 is 1.24 bits per heavy atom. The molecule has 0 aliphatic carbocycles. The summed E-state index contributed by atoms with van der Waals surface area (Å²) >= 11 is 1.92. The fourth-order valence-electron chi connectivity index (χ4n) is 3.68. The van der Waals surface area contributed by atoms with Crippen LogP contribution in [0.5, 0.6) is 0 Å². The zero-order valence-electron chi connectivity index (χ0n) is 13.9. The predicted octanol–water partition coefficient (Wildman–Crippen LogP) is 2.83. The molecule has 3 heterocycles. The summed E-state index contributed by atoms with van der Waals surface area (Å²) in [4.78, 5) is 26.7. The second kappa shape index (κ2) is 7.00. The summed E-state index contributed by atoms with van der Waals surface area (Å²) in [7, 11) is 0. The van der Waals surface area contributed by atoms with Gasteiger partial charge in [-0.1, -0.05) is 12.5 Å². The maximum absolute atomic E-state index is 12.2. The second-order valence-corrected chi connectivity index (χ2v) is 7.93. The summed E-state index contributed by atoms with van der Waals surface area (Å²) < 4.78 is 0. The normalized spacial score (nSPS) is 24.8. The molecule has 2 aromatic rings. The van der Waals surface area contributed by atoms with Gasteiger partial charge in [-0.3, -0.25) is 4.79 Å². The van der Waals surface area contributed by atoms with Gasteiger partial charge in [0.25, 0.3) is 0 Å². The summed E-state index contributed by atoms with van der Waals surface area (Å²) in [5.41, 5.74) is 1.88.